The van der Waals surface area contributed by atoms with Gasteiger partial charge < -0.3 is 0 Å². The molecule has 1 aromatic heterocycles. The number of aryl methyl sites for hydroxylation is 1. The van der Waals surface area contributed by atoms with E-state index in [1.807, 2.05) is 12.3 Å². The maximum Gasteiger partial charge on any atom is 0.0649 e. The van der Waals surface area contributed by atoms with Crippen molar-refractivity contribution in [2.45, 2.75) is 19.9 Å². The predicted molar refractivity (Wildman–Crippen MR) is 97.2 cm³/mol. The number of benzene rings is 2. The molecule has 0 saturated carbocycles. The molecule has 1 fully saturated rings. The topological polar surface area (TPSA) is 21.1 Å². The molecule has 0 atom stereocenters. The molecular weight excluding hydrogens is 294 g/mol. The van der Waals surface area contributed by atoms with Gasteiger partial charge in [0, 0.05) is 25.8 Å². The van der Waals surface area contributed by atoms with Gasteiger partial charge in [-0.25, -0.2) is 4.68 Å². The van der Waals surface area contributed by atoms with Crippen molar-refractivity contribution in [1.29, 1.82) is 0 Å². The van der Waals surface area contributed by atoms with Gasteiger partial charge in [0.15, 0.2) is 0 Å². The minimum Gasteiger partial charge on any atom is -0.297 e. The fraction of sp³-hybridized carbons (Fsp3) is 0.286. The Labute approximate surface area is 143 Å². The van der Waals surface area contributed by atoms with Crippen molar-refractivity contribution in [1.82, 2.24) is 14.7 Å². The Morgan fingerprint density at radius 1 is 0.958 bits per heavy atom. The van der Waals surface area contributed by atoms with Crippen molar-refractivity contribution in [3.8, 4) is 5.69 Å². The molecule has 3 nitrogen and oxygen atoms in total. The Bertz CT molecular complexity index is 801. The fourth-order valence-electron chi connectivity index (χ4n) is 3.57. The van der Waals surface area contributed by atoms with Crippen LogP contribution in [-0.4, -0.2) is 27.8 Å². The van der Waals surface area contributed by atoms with Gasteiger partial charge >= 0.3 is 0 Å². The summed E-state index contributed by atoms with van der Waals surface area (Å²) in [5.74, 6) is 0.777. The average molecular weight is 317 g/mol. The zero-order chi connectivity index (χ0) is 16.4. The normalized spacial score (nSPS) is 15.4. The number of hydrogen-bond donors (Lipinski definition) is 0. The minimum absolute atomic E-state index is 0.777. The van der Waals surface area contributed by atoms with E-state index in [1.54, 1.807) is 0 Å². The van der Waals surface area contributed by atoms with Gasteiger partial charge in [-0.15, -0.1) is 0 Å². The van der Waals surface area contributed by atoms with E-state index in [9.17, 15) is 0 Å². The summed E-state index contributed by atoms with van der Waals surface area (Å²) >= 11 is 0. The molecule has 122 valence electrons. The molecule has 0 unspecified atom stereocenters. The van der Waals surface area contributed by atoms with Crippen molar-refractivity contribution >= 4 is 0 Å². The quantitative estimate of drug-likeness (QED) is 0.712. The monoisotopic (exact) mass is 317 g/mol. The van der Waals surface area contributed by atoms with Crippen LogP contribution < -0.4 is 0 Å². The van der Waals surface area contributed by atoms with Crippen LogP contribution in [0.25, 0.3) is 5.69 Å². The van der Waals surface area contributed by atoms with Gasteiger partial charge in [-0.1, -0.05) is 42.5 Å². The Kier molecular flexibility index (Phi) is 4.18. The third-order valence-electron chi connectivity index (χ3n) is 4.91. The molecule has 0 N–H and O–H groups in total. The molecule has 3 heteroatoms. The number of aromatic nitrogens is 2. The molecule has 0 amide bonds. The van der Waals surface area contributed by atoms with Crippen molar-refractivity contribution < 1.29 is 0 Å². The molecule has 24 heavy (non-hydrogen) atoms. The van der Waals surface area contributed by atoms with Crippen LogP contribution in [0.1, 0.15) is 16.8 Å². The fourth-order valence-corrected chi connectivity index (χ4v) is 3.57. The number of rotatable bonds is 5. The van der Waals surface area contributed by atoms with Crippen molar-refractivity contribution in [2.24, 2.45) is 5.92 Å². The summed E-state index contributed by atoms with van der Waals surface area (Å²) in [7, 11) is 0. The van der Waals surface area contributed by atoms with Crippen LogP contribution in [0, 0.1) is 12.8 Å². The first-order chi connectivity index (χ1) is 11.8. The molecule has 0 aliphatic carbocycles. The zero-order valence-corrected chi connectivity index (χ0v) is 14.1. The van der Waals surface area contributed by atoms with Crippen LogP contribution >= 0.6 is 0 Å². The first kappa shape index (κ1) is 15.2. The number of para-hydroxylation sites is 1. The minimum atomic E-state index is 0.777. The van der Waals surface area contributed by atoms with E-state index in [1.165, 1.54) is 36.3 Å². The lowest BCUT2D eigenvalue weighted by molar-refractivity contribution is 0.0902. The molecule has 0 spiro atoms. The average Bonchev–Trinajstić information content (AvgIpc) is 3.04. The molecule has 1 aliphatic heterocycles. The molecule has 0 radical (unpaired) electrons. The highest BCUT2D eigenvalue weighted by molar-refractivity contribution is 5.32. The lowest BCUT2D eigenvalue weighted by Crippen LogP contribution is -2.47. The number of nitrogens with zero attached hydrogens (tertiary/aromatic N) is 3. The zero-order valence-electron chi connectivity index (χ0n) is 14.1. The van der Waals surface area contributed by atoms with E-state index in [0.717, 1.165) is 18.2 Å². The number of hydrogen-bond acceptors (Lipinski definition) is 2. The van der Waals surface area contributed by atoms with Gasteiger partial charge in [0.25, 0.3) is 0 Å². The van der Waals surface area contributed by atoms with Crippen LogP contribution in [0.4, 0.5) is 0 Å². The van der Waals surface area contributed by atoms with Crippen LogP contribution in [0.3, 0.4) is 0 Å². The third-order valence-corrected chi connectivity index (χ3v) is 4.91. The molecule has 3 aromatic rings. The van der Waals surface area contributed by atoms with E-state index >= 15 is 0 Å². The second-order valence-electron chi connectivity index (χ2n) is 6.76. The van der Waals surface area contributed by atoms with E-state index in [2.05, 4.69) is 76.2 Å². The van der Waals surface area contributed by atoms with Crippen LogP contribution in [0.2, 0.25) is 0 Å². The van der Waals surface area contributed by atoms with Gasteiger partial charge in [0.05, 0.1) is 11.4 Å². The first-order valence-corrected chi connectivity index (χ1v) is 8.65. The lowest BCUT2D eigenvalue weighted by Gasteiger charge is -2.39. The first-order valence-electron chi connectivity index (χ1n) is 8.65. The standard InChI is InChI=1S/C21H23N3/c1-17-7-5-6-8-19(17)13-18-14-23(15-18)16-21-11-12-22-24(21)20-9-3-2-4-10-20/h2-12,18H,13-16H2,1H3. The molecular formula is C21H23N3. The van der Waals surface area contributed by atoms with Gasteiger partial charge in [-0.05, 0) is 48.6 Å². The maximum absolute atomic E-state index is 4.49. The summed E-state index contributed by atoms with van der Waals surface area (Å²) in [4.78, 5) is 2.51. The maximum atomic E-state index is 4.49. The largest absolute Gasteiger partial charge is 0.297 e. The van der Waals surface area contributed by atoms with Crippen LogP contribution in [-0.2, 0) is 13.0 Å². The second-order valence-corrected chi connectivity index (χ2v) is 6.76. The SMILES string of the molecule is Cc1ccccc1CC1CN(Cc2ccnn2-c2ccccc2)C1. The summed E-state index contributed by atoms with van der Waals surface area (Å²) < 4.78 is 2.05. The molecule has 2 aromatic carbocycles. The second kappa shape index (κ2) is 6.62. The summed E-state index contributed by atoms with van der Waals surface area (Å²) in [6.45, 7) is 5.53. The van der Waals surface area contributed by atoms with Gasteiger partial charge in [0.2, 0.25) is 0 Å². The smallest absolute Gasteiger partial charge is 0.0649 e. The molecule has 0 bridgehead atoms. The molecule has 4 rings (SSSR count). The summed E-state index contributed by atoms with van der Waals surface area (Å²) in [5, 5.41) is 4.49. The highest BCUT2D eigenvalue weighted by atomic mass is 15.3. The Morgan fingerprint density at radius 3 is 2.50 bits per heavy atom. The Hall–Kier alpha value is -2.39. The lowest BCUT2D eigenvalue weighted by atomic mass is 9.90. The van der Waals surface area contributed by atoms with Crippen LogP contribution in [0.15, 0.2) is 66.9 Å². The summed E-state index contributed by atoms with van der Waals surface area (Å²) in [5.41, 5.74) is 5.31. The van der Waals surface area contributed by atoms with Crippen molar-refractivity contribution in [3.63, 3.8) is 0 Å². The van der Waals surface area contributed by atoms with Gasteiger partial charge in [0.1, 0.15) is 0 Å². The van der Waals surface area contributed by atoms with Crippen LogP contribution in [0.5, 0.6) is 0 Å². The highest BCUT2D eigenvalue weighted by Crippen LogP contribution is 2.24. The van der Waals surface area contributed by atoms with Gasteiger partial charge in [-0.3, -0.25) is 4.90 Å². The number of likely N-dealkylation sites (tertiary alicyclic amines) is 1. The Morgan fingerprint density at radius 2 is 1.71 bits per heavy atom. The van der Waals surface area contributed by atoms with Crippen molar-refractivity contribution in [2.75, 3.05) is 13.1 Å². The van der Waals surface area contributed by atoms with E-state index in [-0.39, 0.29) is 0 Å². The molecule has 1 aliphatic rings. The third kappa shape index (κ3) is 3.13. The highest BCUT2D eigenvalue weighted by Gasteiger charge is 2.27. The van der Waals surface area contributed by atoms with Crippen molar-refractivity contribution in [3.05, 3.63) is 83.7 Å². The predicted octanol–water partition coefficient (Wildman–Crippen LogP) is 3.86. The molecule has 2 heterocycles. The van der Waals surface area contributed by atoms with E-state index < -0.39 is 0 Å². The molecule has 1 saturated heterocycles. The summed E-state index contributed by atoms with van der Waals surface area (Å²) in [6.07, 6.45) is 3.09. The van der Waals surface area contributed by atoms with E-state index in [0.29, 0.717) is 0 Å². The van der Waals surface area contributed by atoms with Gasteiger partial charge in [-0.2, -0.15) is 5.10 Å². The Balaban J connectivity index is 1.36. The van der Waals surface area contributed by atoms with E-state index in [4.69, 9.17) is 0 Å². The summed E-state index contributed by atoms with van der Waals surface area (Å²) in [6, 6.07) is 21.2.